The van der Waals surface area contributed by atoms with E-state index in [0.717, 1.165) is 11.8 Å². The number of hydrogen-bond donors (Lipinski definition) is 1. The molecule has 0 spiro atoms. The molecule has 0 saturated carbocycles. The summed E-state index contributed by atoms with van der Waals surface area (Å²) in [6, 6.07) is 3.32. The van der Waals surface area contributed by atoms with Gasteiger partial charge in [-0.3, -0.25) is 0 Å². The van der Waals surface area contributed by atoms with Crippen molar-refractivity contribution < 1.29 is 9.47 Å². The zero-order valence-electron chi connectivity index (χ0n) is 7.90. The zero-order chi connectivity index (χ0) is 10.6. The molecule has 1 aromatic rings. The molecule has 0 aliphatic heterocycles. The Labute approximate surface area is 86.6 Å². The lowest BCUT2D eigenvalue weighted by Crippen LogP contribution is -1.95. The number of methoxy groups -OCH3 is 2. The fraction of sp³-hybridized carbons (Fsp3) is 0.222. The van der Waals surface area contributed by atoms with Crippen molar-refractivity contribution in [1.29, 1.82) is 5.26 Å². The Morgan fingerprint density at radius 1 is 1.29 bits per heavy atom. The van der Waals surface area contributed by atoms with E-state index < -0.39 is 0 Å². The average molecular weight is 210 g/mol. The van der Waals surface area contributed by atoms with E-state index in [9.17, 15) is 0 Å². The summed E-state index contributed by atoms with van der Waals surface area (Å²) in [6.45, 7) is 0. The maximum atomic E-state index is 8.56. The Hall–Kier alpha value is -1.54. The van der Waals surface area contributed by atoms with Gasteiger partial charge in [0.1, 0.15) is 16.9 Å². The van der Waals surface area contributed by atoms with Crippen LogP contribution in [0.25, 0.3) is 0 Å². The van der Waals surface area contributed by atoms with E-state index in [4.69, 9.17) is 20.5 Å². The van der Waals surface area contributed by atoms with Crippen LogP contribution < -0.4 is 15.2 Å². The van der Waals surface area contributed by atoms with Gasteiger partial charge in [0.15, 0.2) is 0 Å². The van der Waals surface area contributed by atoms with Gasteiger partial charge in [-0.05, 0) is 11.8 Å². The molecule has 0 aliphatic carbocycles. The lowest BCUT2D eigenvalue weighted by molar-refractivity contribution is 0.396. The molecule has 5 heteroatoms. The number of rotatable bonds is 3. The quantitative estimate of drug-likeness (QED) is 0.468. The standard InChI is InChI=1S/C9H10N2O2S/c1-12-7-4-9(14-5-10)8(13-2)3-6(7)11/h3-4H,11H2,1-2H3. The maximum Gasteiger partial charge on any atom is 0.143 e. The first-order valence-corrected chi connectivity index (χ1v) is 4.62. The number of benzene rings is 1. The van der Waals surface area contributed by atoms with Gasteiger partial charge in [0.25, 0.3) is 0 Å². The minimum Gasteiger partial charge on any atom is -0.495 e. The molecule has 0 atom stereocenters. The summed E-state index contributed by atoms with van der Waals surface area (Å²) in [5.41, 5.74) is 6.17. The third kappa shape index (κ3) is 2.03. The summed E-state index contributed by atoms with van der Waals surface area (Å²) < 4.78 is 10.1. The molecule has 0 heterocycles. The molecule has 0 unspecified atom stereocenters. The van der Waals surface area contributed by atoms with Crippen molar-refractivity contribution in [1.82, 2.24) is 0 Å². The van der Waals surface area contributed by atoms with Gasteiger partial charge in [-0.15, -0.1) is 0 Å². The fourth-order valence-electron chi connectivity index (χ4n) is 1.02. The number of anilines is 1. The second kappa shape index (κ2) is 4.63. The molecule has 2 N–H and O–H groups in total. The second-order valence-corrected chi connectivity index (χ2v) is 3.26. The van der Waals surface area contributed by atoms with Gasteiger partial charge in [-0.25, -0.2) is 0 Å². The molecule has 4 nitrogen and oxygen atoms in total. The number of hydrogen-bond acceptors (Lipinski definition) is 5. The highest BCUT2D eigenvalue weighted by Crippen LogP contribution is 2.36. The predicted molar refractivity (Wildman–Crippen MR) is 55.4 cm³/mol. The monoisotopic (exact) mass is 210 g/mol. The summed E-state index contributed by atoms with van der Waals surface area (Å²) in [5.74, 6) is 1.12. The van der Waals surface area contributed by atoms with E-state index in [-0.39, 0.29) is 0 Å². The number of nitrogen functional groups attached to an aromatic ring is 1. The van der Waals surface area contributed by atoms with Crippen molar-refractivity contribution in [3.63, 3.8) is 0 Å². The van der Waals surface area contributed by atoms with Crippen LogP contribution in [0.15, 0.2) is 17.0 Å². The highest BCUT2D eigenvalue weighted by Gasteiger charge is 2.09. The highest BCUT2D eigenvalue weighted by molar-refractivity contribution is 8.03. The molecular formula is C9H10N2O2S. The fourth-order valence-corrected chi connectivity index (χ4v) is 1.53. The van der Waals surface area contributed by atoms with Crippen molar-refractivity contribution >= 4 is 17.4 Å². The molecule has 0 saturated heterocycles. The Kier molecular flexibility index (Phi) is 3.48. The summed E-state index contributed by atoms with van der Waals surface area (Å²) in [4.78, 5) is 0.695. The molecule has 0 aliphatic rings. The first kappa shape index (κ1) is 10.5. The van der Waals surface area contributed by atoms with E-state index >= 15 is 0 Å². The highest BCUT2D eigenvalue weighted by atomic mass is 32.2. The largest absolute Gasteiger partial charge is 0.495 e. The normalized spacial score (nSPS) is 9.21. The van der Waals surface area contributed by atoms with Crippen molar-refractivity contribution in [2.75, 3.05) is 20.0 Å². The van der Waals surface area contributed by atoms with Gasteiger partial charge in [-0.1, -0.05) is 0 Å². The van der Waals surface area contributed by atoms with Gasteiger partial charge in [0.2, 0.25) is 0 Å². The van der Waals surface area contributed by atoms with E-state index in [1.807, 2.05) is 5.40 Å². The molecule has 74 valence electrons. The molecule has 14 heavy (non-hydrogen) atoms. The van der Waals surface area contributed by atoms with Crippen LogP contribution in [0.2, 0.25) is 0 Å². The molecule has 0 bridgehead atoms. The van der Waals surface area contributed by atoms with E-state index in [1.165, 1.54) is 14.2 Å². The Balaban J connectivity index is 3.19. The zero-order valence-corrected chi connectivity index (χ0v) is 8.72. The number of thiocyanates is 1. The van der Waals surface area contributed by atoms with Gasteiger partial charge in [-0.2, -0.15) is 5.26 Å². The minimum atomic E-state index is 0.492. The molecule has 0 aromatic heterocycles. The molecule has 1 rings (SSSR count). The first-order valence-electron chi connectivity index (χ1n) is 3.80. The third-order valence-electron chi connectivity index (χ3n) is 1.67. The van der Waals surface area contributed by atoms with Gasteiger partial charge in [0.05, 0.1) is 24.8 Å². The SMILES string of the molecule is COc1cc(SC#N)c(OC)cc1N. The molecule has 1 aromatic carbocycles. The number of nitriles is 1. The topological polar surface area (TPSA) is 68.3 Å². The van der Waals surface area contributed by atoms with E-state index in [2.05, 4.69) is 0 Å². The summed E-state index contributed by atoms with van der Waals surface area (Å²) in [5, 5.41) is 10.5. The molecular weight excluding hydrogens is 200 g/mol. The minimum absolute atomic E-state index is 0.492. The molecule has 0 amide bonds. The Morgan fingerprint density at radius 2 is 1.93 bits per heavy atom. The maximum absolute atomic E-state index is 8.56. The van der Waals surface area contributed by atoms with Crippen LogP contribution in [0.5, 0.6) is 11.5 Å². The number of thioether (sulfide) groups is 1. The van der Waals surface area contributed by atoms with Crippen LogP contribution >= 0.6 is 11.8 Å². The van der Waals surface area contributed by atoms with Crippen LogP contribution in [-0.2, 0) is 0 Å². The number of nitrogens with two attached hydrogens (primary N) is 1. The third-order valence-corrected chi connectivity index (χ3v) is 2.30. The number of ether oxygens (including phenoxy) is 2. The van der Waals surface area contributed by atoms with Gasteiger partial charge >= 0.3 is 0 Å². The van der Waals surface area contributed by atoms with Crippen LogP contribution in [-0.4, -0.2) is 14.2 Å². The van der Waals surface area contributed by atoms with E-state index in [0.29, 0.717) is 22.1 Å². The molecule has 0 radical (unpaired) electrons. The van der Waals surface area contributed by atoms with Crippen molar-refractivity contribution in [2.45, 2.75) is 4.90 Å². The van der Waals surface area contributed by atoms with Crippen molar-refractivity contribution in [3.05, 3.63) is 12.1 Å². The Morgan fingerprint density at radius 3 is 2.43 bits per heavy atom. The summed E-state index contributed by atoms with van der Waals surface area (Å²) >= 11 is 1.01. The van der Waals surface area contributed by atoms with Crippen LogP contribution in [0.1, 0.15) is 0 Å². The van der Waals surface area contributed by atoms with Crippen molar-refractivity contribution in [2.24, 2.45) is 0 Å². The smallest absolute Gasteiger partial charge is 0.143 e. The lowest BCUT2D eigenvalue weighted by Gasteiger charge is -2.09. The van der Waals surface area contributed by atoms with Crippen LogP contribution in [0.4, 0.5) is 5.69 Å². The van der Waals surface area contributed by atoms with Crippen LogP contribution in [0.3, 0.4) is 0 Å². The number of nitrogens with zero attached hydrogens (tertiary/aromatic N) is 1. The Bertz CT molecular complexity index is 374. The first-order chi connectivity index (χ1) is 6.72. The summed E-state index contributed by atoms with van der Waals surface area (Å²) in [6.07, 6.45) is 0. The lowest BCUT2D eigenvalue weighted by atomic mass is 10.3. The summed E-state index contributed by atoms with van der Waals surface area (Å²) in [7, 11) is 3.06. The molecule has 0 fully saturated rings. The second-order valence-electron chi connectivity index (χ2n) is 2.44. The van der Waals surface area contributed by atoms with E-state index in [1.54, 1.807) is 12.1 Å². The van der Waals surface area contributed by atoms with Gasteiger partial charge < -0.3 is 15.2 Å². The van der Waals surface area contributed by atoms with Gasteiger partial charge in [0, 0.05) is 12.1 Å². The van der Waals surface area contributed by atoms with Crippen molar-refractivity contribution in [3.8, 4) is 16.9 Å². The average Bonchev–Trinajstić information content (AvgIpc) is 2.20. The predicted octanol–water partition coefficient (Wildman–Crippen LogP) is 1.86. The van der Waals surface area contributed by atoms with Crippen LogP contribution in [0, 0.1) is 10.7 Å².